The van der Waals surface area contributed by atoms with E-state index in [0.29, 0.717) is 11.5 Å². The molecule has 0 saturated heterocycles. The molecule has 5 aromatic rings. The summed E-state index contributed by atoms with van der Waals surface area (Å²) in [5.41, 5.74) is 3.99. The number of hydrogen-bond acceptors (Lipinski definition) is 5. The van der Waals surface area contributed by atoms with E-state index in [1.54, 1.807) is 23.0 Å². The summed E-state index contributed by atoms with van der Waals surface area (Å²) in [6, 6.07) is 30.5. The minimum atomic E-state index is -0.625. The van der Waals surface area contributed by atoms with Gasteiger partial charge in [-0.1, -0.05) is 72.8 Å². The van der Waals surface area contributed by atoms with Crippen LogP contribution in [0.2, 0.25) is 0 Å². The van der Waals surface area contributed by atoms with Crippen molar-refractivity contribution in [3.8, 4) is 16.9 Å². The number of nitrogens with one attached hydrogen (secondary N) is 1. The van der Waals surface area contributed by atoms with Crippen molar-refractivity contribution in [3.63, 3.8) is 0 Å². The number of amides is 1. The maximum atomic E-state index is 12.6. The standard InChI is InChI=1S/C29H22N4O3/c34-27(20-36-28(35)17-16-23-12-7-11-22-13-8-18-30-29(22)23)31-26-19-25(21-9-3-1-4-10-21)32-33(26)24-14-5-2-6-15-24/h1-19H,20H2,(H,31,34)/b17-16+. The van der Waals surface area contributed by atoms with Crippen LogP contribution in [0.15, 0.2) is 109 Å². The van der Waals surface area contributed by atoms with Crippen LogP contribution in [0.1, 0.15) is 5.56 Å². The third-order valence-electron chi connectivity index (χ3n) is 5.46. The number of esters is 1. The van der Waals surface area contributed by atoms with Gasteiger partial charge in [0.15, 0.2) is 6.61 Å². The zero-order valence-corrected chi connectivity index (χ0v) is 19.2. The molecule has 0 atom stereocenters. The van der Waals surface area contributed by atoms with E-state index in [4.69, 9.17) is 4.74 Å². The zero-order valence-electron chi connectivity index (χ0n) is 19.2. The number of para-hydroxylation sites is 2. The van der Waals surface area contributed by atoms with Crippen LogP contribution in [-0.2, 0) is 14.3 Å². The highest BCUT2D eigenvalue weighted by atomic mass is 16.5. The molecule has 0 fully saturated rings. The van der Waals surface area contributed by atoms with E-state index in [2.05, 4.69) is 15.4 Å². The van der Waals surface area contributed by atoms with Crippen LogP contribution in [0, 0.1) is 0 Å². The topological polar surface area (TPSA) is 86.1 Å². The smallest absolute Gasteiger partial charge is 0.331 e. The van der Waals surface area contributed by atoms with Gasteiger partial charge in [-0.3, -0.25) is 9.78 Å². The van der Waals surface area contributed by atoms with Crippen LogP contribution in [0.3, 0.4) is 0 Å². The van der Waals surface area contributed by atoms with Crippen LogP contribution >= 0.6 is 0 Å². The molecule has 0 unspecified atom stereocenters. The highest BCUT2D eigenvalue weighted by Gasteiger charge is 2.14. The van der Waals surface area contributed by atoms with Crippen molar-refractivity contribution in [1.29, 1.82) is 0 Å². The highest BCUT2D eigenvalue weighted by molar-refractivity contribution is 5.96. The Morgan fingerprint density at radius 2 is 1.64 bits per heavy atom. The Labute approximate surface area is 207 Å². The average molecular weight is 475 g/mol. The average Bonchev–Trinajstić information content (AvgIpc) is 3.35. The monoisotopic (exact) mass is 474 g/mol. The minimum Gasteiger partial charge on any atom is -0.452 e. The van der Waals surface area contributed by atoms with E-state index >= 15 is 0 Å². The van der Waals surface area contributed by atoms with Crippen LogP contribution in [0.25, 0.3) is 33.9 Å². The number of anilines is 1. The van der Waals surface area contributed by atoms with Gasteiger partial charge in [0.25, 0.3) is 5.91 Å². The van der Waals surface area contributed by atoms with Crippen molar-refractivity contribution in [3.05, 3.63) is 115 Å². The number of carbonyl (C=O) groups excluding carboxylic acids is 2. The highest BCUT2D eigenvalue weighted by Crippen LogP contribution is 2.24. The molecule has 7 heteroatoms. The van der Waals surface area contributed by atoms with Crippen LogP contribution < -0.4 is 5.32 Å². The molecule has 1 amide bonds. The molecule has 2 heterocycles. The van der Waals surface area contributed by atoms with Gasteiger partial charge >= 0.3 is 5.97 Å². The molecule has 5 rings (SSSR count). The Bertz CT molecular complexity index is 1540. The minimum absolute atomic E-state index is 0.433. The first kappa shape index (κ1) is 22.7. The van der Waals surface area contributed by atoms with Crippen molar-refractivity contribution in [1.82, 2.24) is 14.8 Å². The Kier molecular flexibility index (Phi) is 6.62. The SMILES string of the molecule is O=C(COC(=O)/C=C/c1cccc2cccnc12)Nc1cc(-c2ccccc2)nn1-c1ccccc1. The Morgan fingerprint density at radius 1 is 0.889 bits per heavy atom. The Hall–Kier alpha value is -5.04. The van der Waals surface area contributed by atoms with E-state index in [-0.39, 0.29) is 0 Å². The predicted molar refractivity (Wildman–Crippen MR) is 139 cm³/mol. The molecule has 1 N–H and O–H groups in total. The molecule has 0 aliphatic rings. The van der Waals surface area contributed by atoms with Crippen molar-refractivity contribution in [2.24, 2.45) is 0 Å². The van der Waals surface area contributed by atoms with E-state index < -0.39 is 18.5 Å². The van der Waals surface area contributed by atoms with Gasteiger partial charge in [0.2, 0.25) is 0 Å². The lowest BCUT2D eigenvalue weighted by molar-refractivity contribution is -0.142. The molecule has 0 bridgehead atoms. The molecule has 0 saturated carbocycles. The third kappa shape index (κ3) is 5.20. The molecule has 3 aromatic carbocycles. The fourth-order valence-electron chi connectivity index (χ4n) is 3.77. The Morgan fingerprint density at radius 3 is 2.44 bits per heavy atom. The molecule has 2 aromatic heterocycles. The first-order valence-corrected chi connectivity index (χ1v) is 11.4. The number of carbonyl (C=O) groups is 2. The summed E-state index contributed by atoms with van der Waals surface area (Å²) >= 11 is 0. The lowest BCUT2D eigenvalue weighted by Gasteiger charge is -2.08. The number of rotatable bonds is 7. The summed E-state index contributed by atoms with van der Waals surface area (Å²) in [7, 11) is 0. The number of hydrogen-bond donors (Lipinski definition) is 1. The zero-order chi connectivity index (χ0) is 24.7. The largest absolute Gasteiger partial charge is 0.452 e. The first-order chi connectivity index (χ1) is 17.7. The van der Waals surface area contributed by atoms with Crippen molar-refractivity contribution >= 4 is 34.7 Å². The number of ether oxygens (including phenoxy) is 1. The number of benzene rings is 3. The second kappa shape index (κ2) is 10.5. The molecular formula is C29H22N4O3. The molecule has 176 valence electrons. The number of nitrogens with zero attached hydrogens (tertiary/aromatic N) is 3. The van der Waals surface area contributed by atoms with Gasteiger partial charge < -0.3 is 10.1 Å². The molecule has 0 aliphatic carbocycles. The fourth-order valence-corrected chi connectivity index (χ4v) is 3.77. The van der Waals surface area contributed by atoms with E-state index in [1.807, 2.05) is 91.0 Å². The van der Waals surface area contributed by atoms with Crippen LogP contribution in [0.4, 0.5) is 5.82 Å². The lowest BCUT2D eigenvalue weighted by atomic mass is 10.1. The van der Waals surface area contributed by atoms with Crippen molar-refractivity contribution < 1.29 is 14.3 Å². The van der Waals surface area contributed by atoms with Gasteiger partial charge in [0.05, 0.1) is 16.9 Å². The fraction of sp³-hybridized carbons (Fsp3) is 0.0345. The molecule has 0 radical (unpaired) electrons. The number of fused-ring (bicyclic) bond motifs is 1. The van der Waals surface area contributed by atoms with Crippen molar-refractivity contribution in [2.75, 3.05) is 11.9 Å². The van der Waals surface area contributed by atoms with Gasteiger partial charge in [-0.25, -0.2) is 9.48 Å². The van der Waals surface area contributed by atoms with Crippen LogP contribution in [0.5, 0.6) is 0 Å². The van der Waals surface area contributed by atoms with Crippen molar-refractivity contribution in [2.45, 2.75) is 0 Å². The van der Waals surface area contributed by atoms with Gasteiger partial charge in [-0.05, 0) is 24.3 Å². The van der Waals surface area contributed by atoms with E-state index in [1.165, 1.54) is 6.08 Å². The van der Waals surface area contributed by atoms with Gasteiger partial charge in [-0.15, -0.1) is 0 Å². The lowest BCUT2D eigenvalue weighted by Crippen LogP contribution is -2.21. The predicted octanol–water partition coefficient (Wildman–Crippen LogP) is 5.28. The van der Waals surface area contributed by atoms with E-state index in [0.717, 1.165) is 27.7 Å². The quantitative estimate of drug-likeness (QED) is 0.256. The molecular weight excluding hydrogens is 452 g/mol. The summed E-state index contributed by atoms with van der Waals surface area (Å²) in [5, 5.41) is 8.44. The summed E-state index contributed by atoms with van der Waals surface area (Å²) in [6.45, 7) is -0.433. The molecule has 36 heavy (non-hydrogen) atoms. The molecule has 7 nitrogen and oxygen atoms in total. The normalized spacial score (nSPS) is 11.0. The summed E-state index contributed by atoms with van der Waals surface area (Å²) in [5.74, 6) is -0.627. The summed E-state index contributed by atoms with van der Waals surface area (Å²) in [4.78, 5) is 29.3. The molecule has 0 spiro atoms. The van der Waals surface area contributed by atoms with Gasteiger partial charge in [-0.2, -0.15) is 5.10 Å². The molecule has 0 aliphatic heterocycles. The van der Waals surface area contributed by atoms with Gasteiger partial charge in [0, 0.05) is 34.9 Å². The summed E-state index contributed by atoms with van der Waals surface area (Å²) in [6.07, 6.45) is 4.62. The van der Waals surface area contributed by atoms with E-state index in [9.17, 15) is 9.59 Å². The van der Waals surface area contributed by atoms with Crippen LogP contribution in [-0.4, -0.2) is 33.2 Å². The second-order valence-corrected chi connectivity index (χ2v) is 7.94. The number of aromatic nitrogens is 3. The Balaban J connectivity index is 1.27. The second-order valence-electron chi connectivity index (χ2n) is 7.94. The maximum absolute atomic E-state index is 12.6. The first-order valence-electron chi connectivity index (χ1n) is 11.4. The number of pyridine rings is 1. The van der Waals surface area contributed by atoms with Gasteiger partial charge in [0.1, 0.15) is 5.82 Å². The summed E-state index contributed by atoms with van der Waals surface area (Å²) < 4.78 is 6.81. The third-order valence-corrected chi connectivity index (χ3v) is 5.46. The maximum Gasteiger partial charge on any atom is 0.331 e.